The summed E-state index contributed by atoms with van der Waals surface area (Å²) in [5.41, 5.74) is 0.550. The van der Waals surface area contributed by atoms with Gasteiger partial charge in [0.2, 0.25) is 0 Å². The second-order valence-electron chi connectivity index (χ2n) is 4.76. The topological polar surface area (TPSA) is 49.3 Å². The minimum Gasteiger partial charge on any atom is -0.395 e. The van der Waals surface area contributed by atoms with E-state index in [0.717, 1.165) is 6.42 Å². The van der Waals surface area contributed by atoms with Crippen LogP contribution in [-0.2, 0) is 0 Å². The van der Waals surface area contributed by atoms with Gasteiger partial charge in [0.1, 0.15) is 5.82 Å². The fourth-order valence-electron chi connectivity index (χ4n) is 1.77. The largest absolute Gasteiger partial charge is 0.395 e. The summed E-state index contributed by atoms with van der Waals surface area (Å²) < 4.78 is 13.8. The van der Waals surface area contributed by atoms with Crippen LogP contribution >= 0.6 is 0 Å². The van der Waals surface area contributed by atoms with Crippen LogP contribution in [0.4, 0.5) is 4.39 Å². The van der Waals surface area contributed by atoms with Gasteiger partial charge in [0.15, 0.2) is 0 Å². The first-order valence-electron chi connectivity index (χ1n) is 6.32. The molecule has 1 aliphatic carbocycles. The Bertz CT molecular complexity index is 545. The third kappa shape index (κ3) is 3.55. The highest BCUT2D eigenvalue weighted by Crippen LogP contribution is 2.29. The first-order chi connectivity index (χ1) is 9.11. The number of amides is 1. The van der Waals surface area contributed by atoms with Gasteiger partial charge in [0.05, 0.1) is 12.2 Å². The second-order valence-corrected chi connectivity index (χ2v) is 4.76. The fraction of sp³-hybridized carbons (Fsp3) is 0.400. The quantitative estimate of drug-likeness (QED) is 0.814. The number of nitrogens with one attached hydrogen (secondary N) is 1. The number of aliphatic hydroxyl groups excluding tert-OH is 1. The van der Waals surface area contributed by atoms with E-state index in [1.54, 1.807) is 6.07 Å². The smallest absolute Gasteiger partial charge is 0.254 e. The molecule has 2 N–H and O–H groups in total. The molecule has 1 aliphatic rings. The highest BCUT2D eigenvalue weighted by molar-refractivity contribution is 5.95. The van der Waals surface area contributed by atoms with Crippen molar-refractivity contribution < 1.29 is 14.3 Å². The van der Waals surface area contributed by atoms with E-state index >= 15 is 0 Å². The van der Waals surface area contributed by atoms with Crippen LogP contribution in [0.3, 0.4) is 0 Å². The van der Waals surface area contributed by atoms with E-state index in [0.29, 0.717) is 17.9 Å². The van der Waals surface area contributed by atoms with E-state index in [4.69, 9.17) is 5.11 Å². The predicted octanol–water partition coefficient (Wildman–Crippen LogP) is 1.70. The SMILES string of the molecule is CC1CC1NC(=O)c1ccc(C#CCCO)cc1F. The molecule has 100 valence electrons. The van der Waals surface area contributed by atoms with E-state index < -0.39 is 5.82 Å². The normalized spacial score (nSPS) is 20.4. The van der Waals surface area contributed by atoms with Crippen LogP contribution in [0.15, 0.2) is 18.2 Å². The lowest BCUT2D eigenvalue weighted by atomic mass is 10.1. The van der Waals surface area contributed by atoms with Crippen molar-refractivity contribution in [1.29, 1.82) is 0 Å². The second kappa shape index (κ2) is 5.85. The molecule has 0 aliphatic heterocycles. The molecule has 2 rings (SSSR count). The van der Waals surface area contributed by atoms with Crippen molar-refractivity contribution in [2.75, 3.05) is 6.61 Å². The predicted molar refractivity (Wildman–Crippen MR) is 70.0 cm³/mol. The number of halogens is 1. The highest BCUT2D eigenvalue weighted by atomic mass is 19.1. The Morgan fingerprint density at radius 3 is 2.89 bits per heavy atom. The number of benzene rings is 1. The van der Waals surface area contributed by atoms with Gasteiger partial charge in [-0.2, -0.15) is 0 Å². The van der Waals surface area contributed by atoms with E-state index in [1.807, 2.05) is 6.92 Å². The van der Waals surface area contributed by atoms with Crippen molar-refractivity contribution in [1.82, 2.24) is 5.32 Å². The van der Waals surface area contributed by atoms with Crippen LogP contribution in [0.5, 0.6) is 0 Å². The molecule has 0 aromatic heterocycles. The van der Waals surface area contributed by atoms with Gasteiger partial charge in [-0.15, -0.1) is 0 Å². The molecular weight excluding hydrogens is 245 g/mol. The maximum atomic E-state index is 13.8. The van der Waals surface area contributed by atoms with Crippen molar-refractivity contribution in [2.24, 2.45) is 5.92 Å². The van der Waals surface area contributed by atoms with Crippen LogP contribution in [0.2, 0.25) is 0 Å². The summed E-state index contributed by atoms with van der Waals surface area (Å²) >= 11 is 0. The minimum atomic E-state index is -0.568. The van der Waals surface area contributed by atoms with Gasteiger partial charge in [-0.1, -0.05) is 18.8 Å². The molecule has 1 aromatic carbocycles. The minimum absolute atomic E-state index is 0.0183. The van der Waals surface area contributed by atoms with Crippen LogP contribution in [-0.4, -0.2) is 23.7 Å². The van der Waals surface area contributed by atoms with Crippen molar-refractivity contribution in [3.05, 3.63) is 35.1 Å². The maximum Gasteiger partial charge on any atom is 0.254 e. The zero-order valence-corrected chi connectivity index (χ0v) is 10.7. The van der Waals surface area contributed by atoms with Crippen LogP contribution < -0.4 is 5.32 Å². The number of rotatable bonds is 3. The maximum absolute atomic E-state index is 13.8. The highest BCUT2D eigenvalue weighted by Gasteiger charge is 2.34. The van der Waals surface area contributed by atoms with Gasteiger partial charge in [-0.3, -0.25) is 4.79 Å². The monoisotopic (exact) mass is 261 g/mol. The van der Waals surface area contributed by atoms with Crippen LogP contribution in [0, 0.1) is 23.6 Å². The Kier molecular flexibility index (Phi) is 4.18. The van der Waals surface area contributed by atoms with Crippen LogP contribution in [0.25, 0.3) is 0 Å². The van der Waals surface area contributed by atoms with Crippen molar-refractivity contribution >= 4 is 5.91 Å². The molecule has 4 heteroatoms. The molecule has 2 unspecified atom stereocenters. The van der Waals surface area contributed by atoms with Crippen molar-refractivity contribution in [3.8, 4) is 11.8 Å². The molecule has 19 heavy (non-hydrogen) atoms. The summed E-state index contributed by atoms with van der Waals surface area (Å²) in [4.78, 5) is 11.8. The third-order valence-electron chi connectivity index (χ3n) is 3.11. The van der Waals surface area contributed by atoms with E-state index in [9.17, 15) is 9.18 Å². The van der Waals surface area contributed by atoms with Gasteiger partial charge in [-0.05, 0) is 30.5 Å². The van der Waals surface area contributed by atoms with E-state index in [1.165, 1.54) is 12.1 Å². The number of hydrogen-bond donors (Lipinski definition) is 2. The van der Waals surface area contributed by atoms with Gasteiger partial charge >= 0.3 is 0 Å². The molecule has 0 bridgehead atoms. The number of hydrogen-bond acceptors (Lipinski definition) is 2. The molecule has 0 spiro atoms. The number of carbonyl (C=O) groups is 1. The lowest BCUT2D eigenvalue weighted by Crippen LogP contribution is -2.27. The molecule has 0 heterocycles. The number of carbonyl (C=O) groups excluding carboxylic acids is 1. The van der Waals surface area contributed by atoms with Gasteiger partial charge in [0.25, 0.3) is 5.91 Å². The molecule has 2 atom stereocenters. The summed E-state index contributed by atoms with van der Waals surface area (Å²) in [5, 5.41) is 11.4. The Morgan fingerprint density at radius 2 is 2.32 bits per heavy atom. The summed E-state index contributed by atoms with van der Waals surface area (Å²) in [6.45, 7) is 2.02. The standard InChI is InChI=1S/C15H16FNO2/c1-10-8-14(10)17-15(19)12-6-5-11(9-13(12)16)4-2-3-7-18/h5-6,9-10,14,18H,3,7-8H2,1H3,(H,17,19). The summed E-state index contributed by atoms with van der Waals surface area (Å²) in [5.74, 6) is 4.98. The Balaban J connectivity index is 2.06. The first kappa shape index (κ1) is 13.6. The Morgan fingerprint density at radius 1 is 1.58 bits per heavy atom. The zero-order chi connectivity index (χ0) is 13.8. The van der Waals surface area contributed by atoms with Gasteiger partial charge < -0.3 is 10.4 Å². The fourth-order valence-corrected chi connectivity index (χ4v) is 1.77. The lowest BCUT2D eigenvalue weighted by Gasteiger charge is -2.05. The van der Waals surface area contributed by atoms with E-state index in [2.05, 4.69) is 17.2 Å². The van der Waals surface area contributed by atoms with Gasteiger partial charge in [0, 0.05) is 18.0 Å². The summed E-state index contributed by atoms with van der Waals surface area (Å²) in [6.07, 6.45) is 1.31. The summed E-state index contributed by atoms with van der Waals surface area (Å²) in [7, 11) is 0. The van der Waals surface area contributed by atoms with Crippen molar-refractivity contribution in [3.63, 3.8) is 0 Å². The Labute approximate surface area is 111 Å². The molecule has 1 aromatic rings. The lowest BCUT2D eigenvalue weighted by molar-refractivity contribution is 0.0945. The Hall–Kier alpha value is -1.86. The summed E-state index contributed by atoms with van der Waals surface area (Å²) in [6, 6.07) is 4.48. The van der Waals surface area contributed by atoms with Crippen molar-refractivity contribution in [2.45, 2.75) is 25.8 Å². The number of aliphatic hydroxyl groups is 1. The van der Waals surface area contributed by atoms with Crippen LogP contribution in [0.1, 0.15) is 35.7 Å². The molecule has 3 nitrogen and oxygen atoms in total. The first-order valence-corrected chi connectivity index (χ1v) is 6.32. The van der Waals surface area contributed by atoms with E-state index in [-0.39, 0.29) is 24.1 Å². The molecule has 1 saturated carbocycles. The average Bonchev–Trinajstić information content (AvgIpc) is 3.05. The molecular formula is C15H16FNO2. The molecule has 0 saturated heterocycles. The average molecular weight is 261 g/mol. The van der Waals surface area contributed by atoms with Gasteiger partial charge in [-0.25, -0.2) is 4.39 Å². The molecule has 1 fully saturated rings. The molecule has 0 radical (unpaired) electrons. The molecule has 1 amide bonds. The zero-order valence-electron chi connectivity index (χ0n) is 10.7. The third-order valence-corrected chi connectivity index (χ3v) is 3.11.